The molecule has 36 heavy (non-hydrogen) atoms. The molecule has 0 fully saturated rings. The predicted octanol–water partition coefficient (Wildman–Crippen LogP) is 4.84. The Bertz CT molecular complexity index is 1450. The van der Waals surface area contributed by atoms with E-state index >= 15 is 0 Å². The van der Waals surface area contributed by atoms with E-state index < -0.39 is 5.97 Å². The molecule has 4 aromatic rings. The van der Waals surface area contributed by atoms with Crippen molar-refractivity contribution in [2.45, 2.75) is 25.8 Å². The average Bonchev–Trinajstić information content (AvgIpc) is 3.07. The third-order valence-electron chi connectivity index (χ3n) is 7.15. The molecule has 0 atom stereocenters. The Morgan fingerprint density at radius 2 is 1.50 bits per heavy atom. The number of amides is 1. The van der Waals surface area contributed by atoms with Crippen molar-refractivity contribution in [2.75, 3.05) is 25.1 Å². The van der Waals surface area contributed by atoms with Crippen LogP contribution in [-0.2, 0) is 35.3 Å². The first-order valence-electron chi connectivity index (χ1n) is 12.3. The predicted molar refractivity (Wildman–Crippen MR) is 140 cm³/mol. The molecule has 3 aromatic carbocycles. The number of fused-ring (bicyclic) bond motifs is 4. The summed E-state index contributed by atoms with van der Waals surface area (Å²) in [6, 6.07) is 23.5. The Balaban J connectivity index is 1.34. The van der Waals surface area contributed by atoms with Gasteiger partial charge in [0.15, 0.2) is 6.61 Å². The number of pyridine rings is 1. The summed E-state index contributed by atoms with van der Waals surface area (Å²) >= 11 is 0. The largest absolute Gasteiger partial charge is 0.452 e. The van der Waals surface area contributed by atoms with Crippen molar-refractivity contribution in [3.05, 3.63) is 101 Å². The Kier molecular flexibility index (Phi) is 5.74. The molecule has 0 saturated heterocycles. The zero-order valence-corrected chi connectivity index (χ0v) is 20.2. The molecule has 3 heterocycles. The molecule has 0 unspecified atom stereocenters. The number of benzene rings is 3. The van der Waals surface area contributed by atoms with E-state index in [0.29, 0.717) is 12.1 Å². The molecule has 0 radical (unpaired) electrons. The highest BCUT2D eigenvalue weighted by atomic mass is 16.5. The molecule has 180 valence electrons. The van der Waals surface area contributed by atoms with E-state index in [4.69, 9.17) is 9.72 Å². The fourth-order valence-electron chi connectivity index (χ4n) is 5.37. The zero-order chi connectivity index (χ0) is 24.6. The first-order valence-corrected chi connectivity index (χ1v) is 12.3. The minimum absolute atomic E-state index is 0.269. The summed E-state index contributed by atoms with van der Waals surface area (Å²) in [7, 11) is 2.03. The molecule has 1 amide bonds. The van der Waals surface area contributed by atoms with Crippen LogP contribution in [0.25, 0.3) is 10.9 Å². The van der Waals surface area contributed by atoms with Crippen molar-refractivity contribution in [2.24, 2.45) is 0 Å². The van der Waals surface area contributed by atoms with Gasteiger partial charge in [0.25, 0.3) is 5.91 Å². The van der Waals surface area contributed by atoms with Crippen LogP contribution in [-0.4, -0.2) is 42.0 Å². The molecule has 6 nitrogen and oxygen atoms in total. The van der Waals surface area contributed by atoms with E-state index in [-0.39, 0.29) is 12.5 Å². The van der Waals surface area contributed by atoms with Crippen molar-refractivity contribution in [1.29, 1.82) is 0 Å². The number of hydrogen-bond donors (Lipinski definition) is 0. The number of anilines is 2. The summed E-state index contributed by atoms with van der Waals surface area (Å²) in [5.74, 6) is -0.751. The molecular weight excluding hydrogens is 450 g/mol. The zero-order valence-electron chi connectivity index (χ0n) is 20.2. The number of esters is 1. The van der Waals surface area contributed by atoms with E-state index in [9.17, 15) is 9.59 Å². The normalized spacial score (nSPS) is 15.0. The summed E-state index contributed by atoms with van der Waals surface area (Å²) < 4.78 is 5.75. The van der Waals surface area contributed by atoms with Gasteiger partial charge in [-0.15, -0.1) is 0 Å². The topological polar surface area (TPSA) is 62.7 Å². The quantitative estimate of drug-likeness (QED) is 0.395. The maximum Gasteiger partial charge on any atom is 0.339 e. The Morgan fingerprint density at radius 1 is 0.861 bits per heavy atom. The second-order valence-corrected chi connectivity index (χ2v) is 9.48. The van der Waals surface area contributed by atoms with E-state index in [1.54, 1.807) is 4.90 Å². The molecule has 2 aliphatic heterocycles. The number of aromatic nitrogens is 1. The summed E-state index contributed by atoms with van der Waals surface area (Å²) in [4.78, 5) is 35.9. The van der Waals surface area contributed by atoms with Crippen molar-refractivity contribution in [3.8, 4) is 0 Å². The smallest absolute Gasteiger partial charge is 0.339 e. The van der Waals surface area contributed by atoms with Gasteiger partial charge in [0, 0.05) is 36.2 Å². The molecule has 6 rings (SSSR count). The second kappa shape index (κ2) is 9.21. The lowest BCUT2D eigenvalue weighted by Gasteiger charge is -2.27. The highest BCUT2D eigenvalue weighted by Gasteiger charge is 2.29. The fraction of sp³-hybridized carbons (Fsp3) is 0.233. The number of carbonyl (C=O) groups is 2. The van der Waals surface area contributed by atoms with Crippen molar-refractivity contribution >= 4 is 34.2 Å². The highest BCUT2D eigenvalue weighted by molar-refractivity contribution is 6.07. The minimum atomic E-state index is -0.482. The molecule has 2 aliphatic rings. The average molecular weight is 478 g/mol. The number of rotatable bonds is 3. The Morgan fingerprint density at radius 3 is 2.22 bits per heavy atom. The van der Waals surface area contributed by atoms with E-state index in [1.165, 1.54) is 0 Å². The number of aryl methyl sites for hydroxylation is 2. The molecule has 0 bridgehead atoms. The monoisotopic (exact) mass is 477 g/mol. The third-order valence-corrected chi connectivity index (χ3v) is 7.15. The summed E-state index contributed by atoms with van der Waals surface area (Å²) in [5, 5.41) is 0.759. The molecule has 0 N–H and O–H groups in total. The van der Waals surface area contributed by atoms with Crippen LogP contribution < -0.4 is 4.90 Å². The van der Waals surface area contributed by atoms with Gasteiger partial charge in [-0.05, 0) is 49.2 Å². The van der Waals surface area contributed by atoms with Crippen molar-refractivity contribution in [3.63, 3.8) is 0 Å². The van der Waals surface area contributed by atoms with Crippen molar-refractivity contribution in [1.82, 2.24) is 9.88 Å². The van der Waals surface area contributed by atoms with Crippen LogP contribution in [0.4, 0.5) is 11.4 Å². The van der Waals surface area contributed by atoms with Gasteiger partial charge in [-0.25, -0.2) is 4.79 Å². The maximum absolute atomic E-state index is 13.6. The molecule has 0 saturated carbocycles. The summed E-state index contributed by atoms with van der Waals surface area (Å²) in [6.07, 6.45) is 2.47. The number of likely N-dealkylation sites (N-methyl/N-ethyl adjacent to an activating group) is 1. The first-order chi connectivity index (χ1) is 17.6. The van der Waals surface area contributed by atoms with E-state index in [2.05, 4.69) is 17.0 Å². The van der Waals surface area contributed by atoms with Gasteiger partial charge >= 0.3 is 5.97 Å². The number of ether oxygens (including phenoxy) is 1. The lowest BCUT2D eigenvalue weighted by Crippen LogP contribution is -2.32. The number of nitrogens with zero attached hydrogens (tertiary/aromatic N) is 3. The Labute approximate surface area is 210 Å². The van der Waals surface area contributed by atoms with Crippen LogP contribution in [0.1, 0.15) is 32.7 Å². The molecule has 0 aliphatic carbocycles. The van der Waals surface area contributed by atoms with E-state index in [1.807, 2.05) is 67.7 Å². The van der Waals surface area contributed by atoms with Crippen LogP contribution >= 0.6 is 0 Å². The standard InChI is InChI=1S/C30H27N3O3/c1-32-17-16-25-23(18-32)29(22-10-4-5-11-24(22)31-25)30(35)36-19-28(34)33-26-12-6-2-8-20(26)14-15-21-9-3-7-13-27(21)33/h2-13H,14-19H2,1H3. The van der Waals surface area contributed by atoms with E-state index in [0.717, 1.165) is 70.5 Å². The van der Waals surface area contributed by atoms with Crippen LogP contribution in [0, 0.1) is 0 Å². The van der Waals surface area contributed by atoms with Gasteiger partial charge in [0.2, 0.25) is 0 Å². The number of hydrogen-bond acceptors (Lipinski definition) is 5. The van der Waals surface area contributed by atoms with Gasteiger partial charge in [0.1, 0.15) is 0 Å². The van der Waals surface area contributed by atoms with Crippen molar-refractivity contribution < 1.29 is 14.3 Å². The lowest BCUT2D eigenvalue weighted by atomic mass is 9.96. The SMILES string of the molecule is CN1CCc2nc3ccccc3c(C(=O)OCC(=O)N3c4ccccc4CCc4ccccc43)c2C1. The number of carbonyl (C=O) groups excluding carboxylic acids is 2. The first kappa shape index (κ1) is 22.4. The molecule has 6 heteroatoms. The van der Waals surface area contributed by atoms with Gasteiger partial charge in [-0.1, -0.05) is 54.6 Å². The molecular formula is C30H27N3O3. The van der Waals surface area contributed by atoms with Crippen LogP contribution in [0.15, 0.2) is 72.8 Å². The Hall–Kier alpha value is -4.03. The van der Waals surface area contributed by atoms with Gasteiger partial charge < -0.3 is 9.64 Å². The second-order valence-electron chi connectivity index (χ2n) is 9.48. The maximum atomic E-state index is 13.6. The van der Waals surface area contributed by atoms with Crippen LogP contribution in [0.2, 0.25) is 0 Å². The highest BCUT2D eigenvalue weighted by Crippen LogP contribution is 2.36. The minimum Gasteiger partial charge on any atom is -0.452 e. The van der Waals surface area contributed by atoms with Gasteiger partial charge in [-0.2, -0.15) is 0 Å². The van der Waals surface area contributed by atoms with Crippen LogP contribution in [0.3, 0.4) is 0 Å². The fourth-order valence-corrected chi connectivity index (χ4v) is 5.37. The van der Waals surface area contributed by atoms with Crippen LogP contribution in [0.5, 0.6) is 0 Å². The van der Waals surface area contributed by atoms with Gasteiger partial charge in [-0.3, -0.25) is 14.7 Å². The molecule has 0 spiro atoms. The summed E-state index contributed by atoms with van der Waals surface area (Å²) in [6.45, 7) is 1.17. The molecule has 1 aromatic heterocycles. The van der Waals surface area contributed by atoms with Gasteiger partial charge in [0.05, 0.1) is 22.5 Å². The number of para-hydroxylation sites is 3. The third kappa shape index (κ3) is 3.93. The lowest BCUT2D eigenvalue weighted by molar-refractivity contribution is -0.120. The summed E-state index contributed by atoms with van der Waals surface area (Å²) in [5.41, 5.74) is 7.01.